The number of nitro benzene ring substituents is 5. The molecule has 11 aromatic rings. The molecule has 0 atom stereocenters. The van der Waals surface area contributed by atoms with Crippen molar-refractivity contribution in [1.82, 2.24) is 75.6 Å². The number of para-hydroxylation sites is 1. The van der Waals surface area contributed by atoms with Crippen LogP contribution in [0.25, 0.3) is 5.69 Å². The Morgan fingerprint density at radius 1 is 0.430 bits per heavy atom. The van der Waals surface area contributed by atoms with Gasteiger partial charge in [-0.15, -0.1) is 40.8 Å². The van der Waals surface area contributed by atoms with Crippen molar-refractivity contribution < 1.29 is 48.3 Å². The van der Waals surface area contributed by atoms with Crippen LogP contribution in [0.5, 0.6) is 28.7 Å². The molecule has 0 aliphatic carbocycles. The molecule has 0 aliphatic rings. The molecule has 0 fully saturated rings. The summed E-state index contributed by atoms with van der Waals surface area (Å²) >= 11 is 10.0. The minimum atomic E-state index is -0.462. The van der Waals surface area contributed by atoms with E-state index >= 15 is 0 Å². The van der Waals surface area contributed by atoms with E-state index in [2.05, 4.69) is 61.6 Å². The van der Waals surface area contributed by atoms with E-state index in [9.17, 15) is 50.6 Å². The third-order valence-electron chi connectivity index (χ3n) is 12.7. The third kappa shape index (κ3) is 22.7. The summed E-state index contributed by atoms with van der Waals surface area (Å²) in [5.41, 5.74) is 10.2. The number of thioether (sulfide) groups is 5. The number of nitrogens with two attached hydrogens (primary N) is 1. The largest absolute Gasteiger partial charge is 0.490 e. The number of rotatable bonds is 26. The quantitative estimate of drug-likeness (QED) is 0.0299. The first-order valence-corrected chi connectivity index (χ1v) is 34.7. The monoisotopic (exact) mass is 1500 g/mol. The van der Waals surface area contributed by atoms with Crippen molar-refractivity contribution in [1.29, 1.82) is 0 Å². The van der Waals surface area contributed by atoms with Gasteiger partial charge in [0.25, 0.3) is 0 Å². The Bertz CT molecular complexity index is 4350. The molecule has 0 aliphatic heterocycles. The summed E-state index contributed by atoms with van der Waals surface area (Å²) < 4.78 is 31.4. The number of aromatic nitrogens is 15. The molecule has 0 radical (unpaired) electrons. The standard InChI is InChI=1S/C15H13N5O3S.C11H12N4O3S.C11H11N3O3S2.C10H11N5O3S.C10H10N4O3S2/c1-23-14-8-7-11(9-13(14)20(21)22)10-24-15-16-17-18-19(15)12-5-3-2-4-6-12;1-14-7-12-13-11(14)19-6-8-3-4-10(18-2)9(5-8)15(16)17;1-7-12-13-11(19-7)18-6-8-3-4-10(17-2)9(5-8)14(15)16;1-14-10(11-12-13-14)19-6-7-3-4-9(18-2)8(5-7)15(16)17;1-17-8-3-2-6(4-7(8)14(15)16)5-18-10-13-12-9(11)19-10/h2-9H,10H2,1H3;3-5,7H,6H2,1-2H3;2*3-5H,6H2,1-2H3;2-4H,5H2,1H3,(H2,11,12). The van der Waals surface area contributed by atoms with Crippen LogP contribution >= 0.6 is 81.5 Å². The third-order valence-corrected chi connectivity index (χ3v) is 19.8. The van der Waals surface area contributed by atoms with E-state index in [1.54, 1.807) is 81.9 Å². The molecule has 0 saturated heterocycles. The van der Waals surface area contributed by atoms with Gasteiger partial charge in [0, 0.05) is 73.2 Å². The number of tetrazole rings is 2. The smallest absolute Gasteiger partial charge is 0.311 e. The van der Waals surface area contributed by atoms with Crippen molar-refractivity contribution in [3.63, 3.8) is 0 Å². The Hall–Kier alpha value is -10.7. The molecule has 0 bridgehead atoms. The van der Waals surface area contributed by atoms with Crippen LogP contribution in [-0.2, 0) is 42.9 Å². The summed E-state index contributed by atoms with van der Waals surface area (Å²) in [6.45, 7) is 1.89. The van der Waals surface area contributed by atoms with Crippen LogP contribution < -0.4 is 29.4 Å². The van der Waals surface area contributed by atoms with Crippen LogP contribution in [0, 0.1) is 57.5 Å². The van der Waals surface area contributed by atoms with Crippen LogP contribution in [0.3, 0.4) is 0 Å². The summed E-state index contributed by atoms with van der Waals surface area (Å²) in [5, 5.41) is 104. The Morgan fingerprint density at radius 3 is 1.12 bits per heavy atom. The van der Waals surface area contributed by atoms with Gasteiger partial charge in [-0.2, -0.15) is 4.68 Å². The Morgan fingerprint density at radius 2 is 0.790 bits per heavy atom. The lowest BCUT2D eigenvalue weighted by Crippen LogP contribution is -1.99. The summed E-state index contributed by atoms with van der Waals surface area (Å²) in [5.74, 6) is 4.05. The summed E-state index contributed by atoms with van der Waals surface area (Å²) in [4.78, 5) is 52.4. The molecule has 11 rings (SSSR count). The van der Waals surface area contributed by atoms with Crippen LogP contribution in [0.1, 0.15) is 32.8 Å². The van der Waals surface area contributed by atoms with Gasteiger partial charge in [-0.1, -0.05) is 130 Å². The van der Waals surface area contributed by atoms with Crippen LogP contribution in [-0.4, -0.2) is 136 Å². The summed E-state index contributed by atoms with van der Waals surface area (Å²) in [6, 6.07) is 34.0. The van der Waals surface area contributed by atoms with E-state index in [1.807, 2.05) is 50.4 Å². The predicted octanol–water partition coefficient (Wildman–Crippen LogP) is 11.7. The van der Waals surface area contributed by atoms with E-state index in [4.69, 9.17) is 29.4 Å². The Labute approximate surface area is 595 Å². The first kappa shape index (κ1) is 76.6. The van der Waals surface area contributed by atoms with Crippen LogP contribution in [0.15, 0.2) is 152 Å². The number of benzene rings is 6. The fraction of sp³-hybridized carbons (Fsp3) is 0.228. The zero-order valence-electron chi connectivity index (χ0n) is 53.7. The average molecular weight is 1500 g/mol. The number of ether oxygens (including phenoxy) is 5. The van der Waals surface area contributed by atoms with Gasteiger partial charge < -0.3 is 34.0 Å². The fourth-order valence-electron chi connectivity index (χ4n) is 7.94. The molecule has 522 valence electrons. The average Bonchev–Trinajstić information content (AvgIpc) is 1.29. The summed E-state index contributed by atoms with van der Waals surface area (Å²) in [7, 11) is 10.6. The normalized spacial score (nSPS) is 10.4. The molecular formula is C57H57N21O15S7. The van der Waals surface area contributed by atoms with E-state index in [-0.39, 0.29) is 57.2 Å². The van der Waals surface area contributed by atoms with E-state index in [0.717, 1.165) is 52.3 Å². The maximum Gasteiger partial charge on any atom is 0.311 e. The highest BCUT2D eigenvalue weighted by molar-refractivity contribution is 8.00. The number of methoxy groups -OCH3 is 5. The molecule has 0 spiro atoms. The van der Waals surface area contributed by atoms with Crippen molar-refractivity contribution in [3.8, 4) is 34.4 Å². The van der Waals surface area contributed by atoms with Crippen molar-refractivity contribution in [2.75, 3.05) is 41.3 Å². The number of nitrogens with zero attached hydrogens (tertiary/aromatic N) is 20. The van der Waals surface area contributed by atoms with Crippen LogP contribution in [0.2, 0.25) is 0 Å². The molecule has 6 aromatic carbocycles. The van der Waals surface area contributed by atoms with Gasteiger partial charge in [0.05, 0.1) is 65.9 Å². The minimum absolute atomic E-state index is 0.0194. The number of anilines is 1. The van der Waals surface area contributed by atoms with E-state index in [1.165, 1.54) is 147 Å². The van der Waals surface area contributed by atoms with Crippen LogP contribution in [0.4, 0.5) is 33.6 Å². The molecular weight excluding hydrogens is 1440 g/mol. The highest BCUT2D eigenvalue weighted by Gasteiger charge is 2.21. The second-order valence-corrected chi connectivity index (χ2v) is 26.7. The number of nitrogen functional groups attached to an aromatic ring is 1. The van der Waals surface area contributed by atoms with Gasteiger partial charge in [0.2, 0.25) is 15.4 Å². The lowest BCUT2D eigenvalue weighted by molar-refractivity contribution is -0.385. The van der Waals surface area contributed by atoms with Crippen molar-refractivity contribution >= 4 is 115 Å². The zero-order valence-corrected chi connectivity index (χ0v) is 59.4. The molecule has 5 aromatic heterocycles. The first-order chi connectivity index (χ1) is 48.1. The number of aryl methyl sites for hydroxylation is 3. The van der Waals surface area contributed by atoms with Gasteiger partial charge in [-0.05, 0) is 98.1 Å². The highest BCUT2D eigenvalue weighted by Crippen LogP contribution is 2.36. The predicted molar refractivity (Wildman–Crippen MR) is 374 cm³/mol. The van der Waals surface area contributed by atoms with Crippen molar-refractivity contribution in [2.24, 2.45) is 14.1 Å². The van der Waals surface area contributed by atoms with Gasteiger partial charge in [-0.3, -0.25) is 50.6 Å². The Kier molecular flexibility index (Phi) is 29.4. The number of nitro groups is 5. The zero-order chi connectivity index (χ0) is 72.3. The molecule has 0 unspecified atom stereocenters. The molecule has 0 amide bonds. The first-order valence-electron chi connectivity index (χ1n) is 28.1. The van der Waals surface area contributed by atoms with E-state index < -0.39 is 24.6 Å². The van der Waals surface area contributed by atoms with Gasteiger partial charge in [-0.25, -0.2) is 4.68 Å². The number of hydrogen-bond acceptors (Lipinski definition) is 35. The lowest BCUT2D eigenvalue weighted by Gasteiger charge is -2.06. The fourth-order valence-corrected chi connectivity index (χ4v) is 13.7. The maximum atomic E-state index is 11.1. The van der Waals surface area contributed by atoms with Gasteiger partial charge in [0.1, 0.15) is 11.3 Å². The number of hydrogen-bond donors (Lipinski definition) is 1. The SMILES string of the molecule is COc1ccc(CSc2nnc(C)s2)cc1[N+](=O)[O-].COc1ccc(CSc2nnc(N)s2)cc1[N+](=O)[O-].COc1ccc(CSc2nncn2C)cc1[N+](=O)[O-].COc1ccc(CSc2nnnn2-c2ccccc2)cc1[N+](=O)[O-].COc1ccc(CSc2nnnn2C)cc1[N+](=O)[O-]. The Balaban J connectivity index is 0.000000176. The second-order valence-electron chi connectivity index (χ2n) is 19.3. The molecule has 36 nitrogen and oxygen atoms in total. The van der Waals surface area contributed by atoms with Gasteiger partial charge in [0.15, 0.2) is 42.6 Å². The molecule has 43 heteroatoms. The highest BCUT2D eigenvalue weighted by atomic mass is 32.2. The van der Waals surface area contributed by atoms with Crippen molar-refractivity contribution in [3.05, 3.63) is 211 Å². The molecule has 2 N–H and O–H groups in total. The molecule has 5 heterocycles. The second kappa shape index (κ2) is 38.4. The lowest BCUT2D eigenvalue weighted by atomic mass is 10.2. The molecule has 100 heavy (non-hydrogen) atoms. The maximum absolute atomic E-state index is 11.1. The topological polar surface area (TPSA) is 457 Å². The van der Waals surface area contributed by atoms with E-state index in [0.29, 0.717) is 44.2 Å². The minimum Gasteiger partial charge on any atom is -0.490 e. The van der Waals surface area contributed by atoms with Crippen molar-refractivity contribution in [2.45, 2.75) is 59.8 Å². The summed E-state index contributed by atoms with van der Waals surface area (Å²) in [6.07, 6.45) is 1.61. The van der Waals surface area contributed by atoms with Gasteiger partial charge >= 0.3 is 28.4 Å². The molecule has 0 saturated carbocycles.